The van der Waals surface area contributed by atoms with Crippen LogP contribution in [0.4, 0.5) is 0 Å². The van der Waals surface area contributed by atoms with Gasteiger partial charge in [0.15, 0.2) is 0 Å². The topological polar surface area (TPSA) is 43.1 Å². The highest BCUT2D eigenvalue weighted by atomic mass is 16.1. The molecule has 0 radical (unpaired) electrons. The van der Waals surface area contributed by atoms with Gasteiger partial charge in [-0.2, -0.15) is 0 Å². The van der Waals surface area contributed by atoms with E-state index in [9.17, 15) is 4.79 Å². The second-order valence-electron chi connectivity index (χ2n) is 4.11. The maximum atomic E-state index is 11.0. The molecule has 0 aliphatic heterocycles. The van der Waals surface area contributed by atoms with Crippen LogP contribution in [0.5, 0.6) is 0 Å². The lowest BCUT2D eigenvalue weighted by Gasteiger charge is -2.16. The molecule has 0 fully saturated rings. The number of primary amides is 1. The Labute approximate surface area is 110 Å². The fourth-order valence-electron chi connectivity index (χ4n) is 1.36. The van der Waals surface area contributed by atoms with Gasteiger partial charge in [0, 0.05) is 5.57 Å². The minimum atomic E-state index is -0.619. The number of rotatable bonds is 8. The van der Waals surface area contributed by atoms with Crippen LogP contribution in [0.3, 0.4) is 0 Å². The maximum absolute atomic E-state index is 11.0. The molecule has 0 aromatic carbocycles. The Morgan fingerprint density at radius 2 is 1.22 bits per heavy atom. The van der Waals surface area contributed by atoms with Crippen LogP contribution in [0.15, 0.2) is 72.9 Å². The van der Waals surface area contributed by atoms with Crippen LogP contribution in [-0.2, 0) is 4.79 Å². The summed E-state index contributed by atoms with van der Waals surface area (Å²) >= 11 is 0. The van der Waals surface area contributed by atoms with Crippen molar-refractivity contribution in [3.05, 3.63) is 72.9 Å². The van der Waals surface area contributed by atoms with E-state index in [0.29, 0.717) is 16.7 Å². The molecule has 2 nitrogen and oxygen atoms in total. The van der Waals surface area contributed by atoms with Crippen LogP contribution in [0.2, 0.25) is 0 Å². The molecule has 0 spiro atoms. The molecule has 2 N–H and O–H groups in total. The van der Waals surface area contributed by atoms with E-state index in [4.69, 9.17) is 5.73 Å². The molecule has 0 bridgehead atoms. The van der Waals surface area contributed by atoms with Gasteiger partial charge in [-0.3, -0.25) is 4.79 Å². The van der Waals surface area contributed by atoms with Gasteiger partial charge in [-0.05, 0) is 34.3 Å². The van der Waals surface area contributed by atoms with Crippen LogP contribution < -0.4 is 5.73 Å². The van der Waals surface area contributed by atoms with E-state index in [0.717, 1.165) is 24.0 Å². The molecule has 0 aliphatic carbocycles. The third-order valence-corrected chi connectivity index (χ3v) is 2.73. The third-order valence-electron chi connectivity index (χ3n) is 2.73. The van der Waals surface area contributed by atoms with Crippen LogP contribution in [-0.4, -0.2) is 5.91 Å². The van der Waals surface area contributed by atoms with E-state index in [1.165, 1.54) is 0 Å². The Kier molecular flexibility index (Phi) is 5.83. The molecule has 0 aromatic heterocycles. The molecule has 0 aromatic rings. The summed E-state index contributed by atoms with van der Waals surface area (Å²) in [6, 6.07) is 0. The van der Waals surface area contributed by atoms with Crippen molar-refractivity contribution in [3.63, 3.8) is 0 Å². The summed E-state index contributed by atoms with van der Waals surface area (Å²) in [5.41, 5.74) is 8.42. The first kappa shape index (κ1) is 15.9. The molecule has 0 unspecified atom stereocenters. The zero-order chi connectivity index (χ0) is 14.5. The van der Waals surface area contributed by atoms with E-state index in [2.05, 4.69) is 46.4 Å². The molecule has 0 aliphatic rings. The van der Waals surface area contributed by atoms with Crippen molar-refractivity contribution in [2.45, 2.75) is 19.8 Å². The fourth-order valence-corrected chi connectivity index (χ4v) is 1.36. The summed E-state index contributed by atoms with van der Waals surface area (Å²) in [5.74, 6) is -0.619. The fraction of sp³-hybridized carbons (Fsp3) is 0.188. The number of hydrogen-bond donors (Lipinski definition) is 1. The summed E-state index contributed by atoms with van der Waals surface area (Å²) in [6.45, 7) is 25.0. The first-order chi connectivity index (χ1) is 8.23. The molecule has 0 rings (SSSR count). The second kappa shape index (κ2) is 6.60. The lowest BCUT2D eigenvalue weighted by molar-refractivity contribution is -0.114. The van der Waals surface area contributed by atoms with Crippen LogP contribution in [0.25, 0.3) is 0 Å². The summed E-state index contributed by atoms with van der Waals surface area (Å²) in [4.78, 5) is 11.0. The molecular weight excluding hydrogens is 222 g/mol. The zero-order valence-corrected chi connectivity index (χ0v) is 11.1. The zero-order valence-electron chi connectivity index (χ0n) is 11.1. The van der Waals surface area contributed by atoms with Gasteiger partial charge in [0.05, 0.1) is 0 Å². The van der Waals surface area contributed by atoms with Crippen LogP contribution >= 0.6 is 0 Å². The van der Waals surface area contributed by atoms with E-state index in [1.54, 1.807) is 0 Å². The number of hydrogen-bond acceptors (Lipinski definition) is 1. The molecule has 96 valence electrons. The van der Waals surface area contributed by atoms with Gasteiger partial charge in [-0.1, -0.05) is 52.8 Å². The maximum Gasteiger partial charge on any atom is 0.248 e. The predicted molar refractivity (Wildman–Crippen MR) is 78.9 cm³/mol. The number of nitrogens with two attached hydrogens (primary N) is 1. The standard InChI is InChI=1S/C16H21NO/c1-8-9-10(2)11(3)12(4)13(5)14(6)15(7)16(17)18/h2-9H2,1H3,(H2,17,18). The summed E-state index contributed by atoms with van der Waals surface area (Å²) in [7, 11) is 0. The van der Waals surface area contributed by atoms with E-state index in [-0.39, 0.29) is 5.57 Å². The Morgan fingerprint density at radius 1 is 0.833 bits per heavy atom. The lowest BCUT2D eigenvalue weighted by atomic mass is 9.88. The van der Waals surface area contributed by atoms with Crippen molar-refractivity contribution in [2.24, 2.45) is 5.73 Å². The molecule has 0 heterocycles. The van der Waals surface area contributed by atoms with Gasteiger partial charge in [-0.25, -0.2) is 0 Å². The van der Waals surface area contributed by atoms with Crippen LogP contribution in [0.1, 0.15) is 19.8 Å². The second-order valence-corrected chi connectivity index (χ2v) is 4.11. The Balaban J connectivity index is 4.92. The third kappa shape index (κ3) is 3.74. The van der Waals surface area contributed by atoms with E-state index in [1.807, 2.05) is 0 Å². The van der Waals surface area contributed by atoms with E-state index < -0.39 is 5.91 Å². The summed E-state index contributed by atoms with van der Waals surface area (Å²) in [6.07, 6.45) is 1.82. The van der Waals surface area contributed by atoms with Gasteiger partial charge in [0.1, 0.15) is 0 Å². The van der Waals surface area contributed by atoms with Gasteiger partial charge < -0.3 is 5.73 Å². The van der Waals surface area contributed by atoms with Gasteiger partial charge in [0.25, 0.3) is 0 Å². The molecule has 2 heteroatoms. The van der Waals surface area contributed by atoms with Crippen molar-refractivity contribution in [3.8, 4) is 0 Å². The normalized spacial score (nSPS) is 9.39. The predicted octanol–water partition coefficient (Wildman–Crippen LogP) is 3.61. The largest absolute Gasteiger partial charge is 0.366 e. The highest BCUT2D eigenvalue weighted by Crippen LogP contribution is 2.29. The smallest absolute Gasteiger partial charge is 0.248 e. The first-order valence-corrected chi connectivity index (χ1v) is 5.67. The SMILES string of the molecule is C=C(CCC)C(=C)C(=C)C(=C)C(=C)C(=C)C(N)=O. The van der Waals surface area contributed by atoms with Gasteiger partial charge >= 0.3 is 0 Å². The molecule has 0 saturated heterocycles. The van der Waals surface area contributed by atoms with Crippen molar-refractivity contribution in [2.75, 3.05) is 0 Å². The molecule has 1 amide bonds. The number of allylic oxidation sites excluding steroid dienone is 4. The van der Waals surface area contributed by atoms with Gasteiger partial charge in [0.2, 0.25) is 5.91 Å². The molecular formula is C16H21NO. The summed E-state index contributed by atoms with van der Waals surface area (Å²) < 4.78 is 0. The minimum absolute atomic E-state index is 0.134. The number of carbonyl (C=O) groups excluding carboxylic acids is 1. The number of carbonyl (C=O) groups is 1. The molecule has 0 atom stereocenters. The van der Waals surface area contributed by atoms with E-state index >= 15 is 0 Å². The summed E-state index contributed by atoms with van der Waals surface area (Å²) in [5, 5.41) is 0. The Hall–Kier alpha value is -2.09. The van der Waals surface area contributed by atoms with Gasteiger partial charge in [-0.15, -0.1) is 0 Å². The monoisotopic (exact) mass is 243 g/mol. The average Bonchev–Trinajstić information content (AvgIpc) is 2.34. The molecule has 18 heavy (non-hydrogen) atoms. The lowest BCUT2D eigenvalue weighted by Crippen LogP contribution is -2.15. The van der Waals surface area contributed by atoms with Crippen molar-refractivity contribution in [1.29, 1.82) is 0 Å². The average molecular weight is 243 g/mol. The highest BCUT2D eigenvalue weighted by molar-refractivity contribution is 5.97. The van der Waals surface area contributed by atoms with Crippen molar-refractivity contribution < 1.29 is 4.79 Å². The Morgan fingerprint density at radius 3 is 1.61 bits per heavy atom. The minimum Gasteiger partial charge on any atom is -0.366 e. The van der Waals surface area contributed by atoms with Crippen molar-refractivity contribution in [1.82, 2.24) is 0 Å². The molecule has 0 saturated carbocycles. The number of amides is 1. The Bertz CT molecular complexity index is 463. The first-order valence-electron chi connectivity index (χ1n) is 5.67. The quantitative estimate of drug-likeness (QED) is 0.513. The van der Waals surface area contributed by atoms with Crippen LogP contribution in [0, 0.1) is 0 Å². The highest BCUT2D eigenvalue weighted by Gasteiger charge is 2.14. The van der Waals surface area contributed by atoms with Crippen molar-refractivity contribution >= 4 is 5.91 Å².